The summed E-state index contributed by atoms with van der Waals surface area (Å²) in [4.78, 5) is 0. The van der Waals surface area contributed by atoms with Gasteiger partial charge in [-0.1, -0.05) is 60.7 Å². The van der Waals surface area contributed by atoms with E-state index >= 15 is 0 Å². The zero-order chi connectivity index (χ0) is 12.5. The van der Waals surface area contributed by atoms with Crippen molar-refractivity contribution < 1.29 is 0 Å². The van der Waals surface area contributed by atoms with Crippen molar-refractivity contribution in [1.29, 1.82) is 0 Å². The SMILES string of the molecule is Cc1c2cccc1ccc1cccc(cc2)c1C. The number of hydrogen-bond donors (Lipinski definition) is 0. The quantitative estimate of drug-likeness (QED) is 0.501. The van der Waals surface area contributed by atoms with Crippen molar-refractivity contribution in [3.05, 3.63) is 71.8 Å². The van der Waals surface area contributed by atoms with Gasteiger partial charge in [-0.05, 0) is 46.5 Å². The maximum absolute atomic E-state index is 2.21. The first-order valence-electron chi connectivity index (χ1n) is 6.31. The highest BCUT2D eigenvalue weighted by Crippen LogP contribution is 2.20. The van der Waals surface area contributed by atoms with E-state index in [9.17, 15) is 0 Å². The molecule has 0 radical (unpaired) electrons. The van der Waals surface area contributed by atoms with Crippen LogP contribution in [0.25, 0.3) is 21.5 Å². The Labute approximate surface area is 108 Å². The third kappa shape index (κ3) is 1.80. The highest BCUT2D eigenvalue weighted by atomic mass is 14.0. The molecule has 3 aromatic rings. The lowest BCUT2D eigenvalue weighted by Crippen LogP contribution is -1.78. The zero-order valence-electron chi connectivity index (χ0n) is 10.8. The van der Waals surface area contributed by atoms with E-state index in [1.54, 1.807) is 0 Å². The Morgan fingerprint density at radius 2 is 0.722 bits per heavy atom. The number of aryl methyl sites for hydroxylation is 2. The summed E-state index contributed by atoms with van der Waals surface area (Å²) in [7, 11) is 0. The third-order valence-electron chi connectivity index (χ3n) is 3.72. The van der Waals surface area contributed by atoms with Gasteiger partial charge in [0.1, 0.15) is 0 Å². The lowest BCUT2D eigenvalue weighted by atomic mass is 10.0. The molecule has 0 spiro atoms. The van der Waals surface area contributed by atoms with E-state index in [0.29, 0.717) is 0 Å². The van der Waals surface area contributed by atoms with Crippen molar-refractivity contribution in [2.75, 3.05) is 0 Å². The van der Waals surface area contributed by atoms with Gasteiger partial charge in [-0.15, -0.1) is 0 Å². The molecule has 0 fully saturated rings. The Morgan fingerprint density at radius 1 is 0.444 bits per heavy atom. The predicted octanol–water partition coefficient (Wildman–Crippen LogP) is 5.17. The van der Waals surface area contributed by atoms with Gasteiger partial charge in [-0.25, -0.2) is 0 Å². The smallest absolute Gasteiger partial charge is 0.0221 e. The monoisotopic (exact) mass is 232 g/mol. The van der Waals surface area contributed by atoms with E-state index in [-0.39, 0.29) is 0 Å². The molecule has 0 N–H and O–H groups in total. The first-order valence-corrected chi connectivity index (χ1v) is 6.31. The molecule has 0 unspecified atom stereocenters. The van der Waals surface area contributed by atoms with Crippen molar-refractivity contribution in [3.63, 3.8) is 0 Å². The molecule has 0 aliphatic rings. The second kappa shape index (κ2) is 4.30. The van der Waals surface area contributed by atoms with E-state index < -0.39 is 0 Å². The van der Waals surface area contributed by atoms with Gasteiger partial charge in [-0.3, -0.25) is 0 Å². The van der Waals surface area contributed by atoms with Crippen LogP contribution >= 0.6 is 0 Å². The third-order valence-corrected chi connectivity index (χ3v) is 3.72. The summed E-state index contributed by atoms with van der Waals surface area (Å²) in [6.07, 6.45) is 0. The van der Waals surface area contributed by atoms with Gasteiger partial charge in [0.05, 0.1) is 0 Å². The summed E-state index contributed by atoms with van der Waals surface area (Å²) in [5.74, 6) is 0. The van der Waals surface area contributed by atoms with Crippen LogP contribution in [-0.2, 0) is 0 Å². The molecule has 3 aromatic carbocycles. The Hall–Kier alpha value is -2.08. The Kier molecular flexibility index (Phi) is 2.64. The maximum Gasteiger partial charge on any atom is -0.0221 e. The molecule has 0 atom stereocenters. The molecule has 0 aromatic heterocycles. The van der Waals surface area contributed by atoms with E-state index in [4.69, 9.17) is 0 Å². The second-order valence-corrected chi connectivity index (χ2v) is 4.79. The van der Waals surface area contributed by atoms with Gasteiger partial charge in [0.15, 0.2) is 0 Å². The number of rotatable bonds is 0. The maximum atomic E-state index is 2.21. The fourth-order valence-corrected chi connectivity index (χ4v) is 2.43. The fraction of sp³-hybridized carbons (Fsp3) is 0.111. The van der Waals surface area contributed by atoms with Crippen molar-refractivity contribution in [2.24, 2.45) is 0 Å². The number of benzene rings is 2. The van der Waals surface area contributed by atoms with Gasteiger partial charge >= 0.3 is 0 Å². The number of hydrogen-bond acceptors (Lipinski definition) is 0. The summed E-state index contributed by atoms with van der Waals surface area (Å²) in [5, 5.41) is 5.18. The number of fused-ring (bicyclic) bond motifs is 4. The van der Waals surface area contributed by atoms with Crippen LogP contribution in [0, 0.1) is 13.8 Å². The van der Waals surface area contributed by atoms with Crippen LogP contribution in [0.1, 0.15) is 11.1 Å². The molecular formula is C18H16. The molecule has 0 saturated carbocycles. The highest BCUT2D eigenvalue weighted by molar-refractivity contribution is 5.80. The molecule has 0 saturated heterocycles. The minimum absolute atomic E-state index is 1.30. The first kappa shape index (κ1) is 11.0. The fourth-order valence-electron chi connectivity index (χ4n) is 2.43. The highest BCUT2D eigenvalue weighted by Gasteiger charge is 1.96. The molecule has 0 aliphatic heterocycles. The molecule has 88 valence electrons. The molecular weight excluding hydrogens is 216 g/mol. The molecule has 18 heavy (non-hydrogen) atoms. The molecule has 0 heterocycles. The standard InChI is InChI=1S/C18H16/c1-13-15-5-3-6-16(13)10-12-18-8-4-7-17(11-9-15)14(18)2/h3-12H,1-2H3. The molecule has 0 nitrogen and oxygen atoms in total. The Balaban J connectivity index is 2.55. The molecule has 3 rings (SSSR count). The Morgan fingerprint density at radius 3 is 1.00 bits per heavy atom. The van der Waals surface area contributed by atoms with Gasteiger partial charge in [0, 0.05) is 0 Å². The zero-order valence-corrected chi connectivity index (χ0v) is 10.8. The predicted molar refractivity (Wildman–Crippen MR) is 79.7 cm³/mol. The van der Waals surface area contributed by atoms with E-state index in [0.717, 1.165) is 0 Å². The van der Waals surface area contributed by atoms with Crippen LogP contribution in [0.15, 0.2) is 60.7 Å². The molecule has 4 bridgehead atoms. The minimum atomic E-state index is 1.30. The summed E-state index contributed by atoms with van der Waals surface area (Å²) >= 11 is 0. The van der Waals surface area contributed by atoms with Crippen LogP contribution in [0.4, 0.5) is 0 Å². The summed E-state index contributed by atoms with van der Waals surface area (Å²) in [5.41, 5.74) is 2.68. The summed E-state index contributed by atoms with van der Waals surface area (Å²) in [6, 6.07) is 21.8. The molecule has 0 aliphatic carbocycles. The van der Waals surface area contributed by atoms with E-state index in [1.165, 1.54) is 32.7 Å². The minimum Gasteiger partial charge on any atom is -0.0611 e. The molecule has 0 amide bonds. The van der Waals surface area contributed by atoms with E-state index in [2.05, 4.69) is 74.5 Å². The average molecular weight is 232 g/mol. The van der Waals surface area contributed by atoms with Gasteiger partial charge in [0.2, 0.25) is 0 Å². The van der Waals surface area contributed by atoms with Crippen molar-refractivity contribution in [3.8, 4) is 0 Å². The average Bonchev–Trinajstić information content (AvgIpc) is 2.38. The van der Waals surface area contributed by atoms with Gasteiger partial charge in [0.25, 0.3) is 0 Å². The van der Waals surface area contributed by atoms with Gasteiger partial charge < -0.3 is 0 Å². The normalized spacial score (nSPS) is 10.8. The topological polar surface area (TPSA) is 0 Å². The van der Waals surface area contributed by atoms with Crippen LogP contribution in [-0.4, -0.2) is 0 Å². The second-order valence-electron chi connectivity index (χ2n) is 4.79. The summed E-state index contributed by atoms with van der Waals surface area (Å²) < 4.78 is 0. The van der Waals surface area contributed by atoms with Crippen molar-refractivity contribution in [1.82, 2.24) is 0 Å². The van der Waals surface area contributed by atoms with Crippen LogP contribution in [0.2, 0.25) is 0 Å². The summed E-state index contributed by atoms with van der Waals surface area (Å²) in [6.45, 7) is 4.37. The van der Waals surface area contributed by atoms with Crippen LogP contribution < -0.4 is 0 Å². The van der Waals surface area contributed by atoms with Crippen molar-refractivity contribution >= 4 is 21.5 Å². The lowest BCUT2D eigenvalue weighted by Gasteiger charge is -2.02. The van der Waals surface area contributed by atoms with E-state index in [1.807, 2.05) is 0 Å². The van der Waals surface area contributed by atoms with Crippen LogP contribution in [0.3, 0.4) is 0 Å². The van der Waals surface area contributed by atoms with Gasteiger partial charge in [-0.2, -0.15) is 0 Å². The Bertz CT molecular complexity index is 628. The first-order chi connectivity index (χ1) is 8.75. The largest absolute Gasteiger partial charge is 0.0611 e. The van der Waals surface area contributed by atoms with Crippen LogP contribution in [0.5, 0.6) is 0 Å². The molecule has 0 heteroatoms. The van der Waals surface area contributed by atoms with Crippen molar-refractivity contribution in [2.45, 2.75) is 13.8 Å². The lowest BCUT2D eigenvalue weighted by molar-refractivity contribution is 1.54.